The van der Waals surface area contributed by atoms with Crippen LogP contribution in [0, 0.1) is 5.92 Å². The van der Waals surface area contributed by atoms with E-state index in [9.17, 15) is 9.90 Å². The van der Waals surface area contributed by atoms with Crippen LogP contribution in [0.2, 0.25) is 0 Å². The topological polar surface area (TPSA) is 72.6 Å². The molecule has 1 saturated carbocycles. The molecule has 20 heavy (non-hydrogen) atoms. The van der Waals surface area contributed by atoms with E-state index in [0.29, 0.717) is 37.5 Å². The summed E-state index contributed by atoms with van der Waals surface area (Å²) in [6.07, 6.45) is 3.70. The zero-order valence-corrected chi connectivity index (χ0v) is 11.8. The summed E-state index contributed by atoms with van der Waals surface area (Å²) in [5.74, 6) is 1.05. The van der Waals surface area contributed by atoms with Gasteiger partial charge in [-0.3, -0.25) is 4.79 Å². The van der Waals surface area contributed by atoms with E-state index < -0.39 is 6.10 Å². The van der Waals surface area contributed by atoms with Crippen molar-refractivity contribution in [3.8, 4) is 5.75 Å². The first-order valence-electron chi connectivity index (χ1n) is 7.34. The van der Waals surface area contributed by atoms with Crippen molar-refractivity contribution in [1.82, 2.24) is 0 Å². The molecule has 2 unspecified atom stereocenters. The Morgan fingerprint density at radius 2 is 2.25 bits per heavy atom. The van der Waals surface area contributed by atoms with Gasteiger partial charge in [-0.15, -0.1) is 0 Å². The van der Waals surface area contributed by atoms with Crippen LogP contribution < -0.4 is 10.5 Å². The molecule has 0 heterocycles. The molecule has 110 valence electrons. The Bertz CT molecular complexity index is 447. The third-order valence-electron chi connectivity index (χ3n) is 3.82. The Morgan fingerprint density at radius 1 is 1.40 bits per heavy atom. The molecule has 1 aliphatic rings. The minimum atomic E-state index is -0.556. The molecule has 2 atom stereocenters. The van der Waals surface area contributed by atoms with E-state index in [0.717, 1.165) is 24.8 Å². The fraction of sp³-hybridized carbons (Fsp3) is 0.562. The maximum absolute atomic E-state index is 11.7. The van der Waals surface area contributed by atoms with Crippen molar-refractivity contribution in [2.75, 3.05) is 13.2 Å². The number of carbonyl (C=O) groups is 1. The van der Waals surface area contributed by atoms with Crippen molar-refractivity contribution >= 4 is 5.78 Å². The first-order valence-corrected chi connectivity index (χ1v) is 7.34. The lowest BCUT2D eigenvalue weighted by molar-refractivity contribution is -0.125. The summed E-state index contributed by atoms with van der Waals surface area (Å²) in [4.78, 5) is 11.7. The number of hydrogen-bond donors (Lipinski definition) is 2. The van der Waals surface area contributed by atoms with Crippen LogP contribution in [-0.4, -0.2) is 24.0 Å². The molecule has 0 aromatic heterocycles. The van der Waals surface area contributed by atoms with E-state index in [1.807, 2.05) is 24.3 Å². The van der Waals surface area contributed by atoms with Crippen molar-refractivity contribution < 1.29 is 14.6 Å². The second-order valence-electron chi connectivity index (χ2n) is 5.39. The number of ether oxygens (including phenoxy) is 1. The van der Waals surface area contributed by atoms with Crippen molar-refractivity contribution in [1.29, 1.82) is 0 Å². The maximum Gasteiger partial charge on any atom is 0.139 e. The quantitative estimate of drug-likeness (QED) is 0.836. The summed E-state index contributed by atoms with van der Waals surface area (Å²) in [6.45, 7) is 0.887. The summed E-state index contributed by atoms with van der Waals surface area (Å²) in [5, 5.41) is 9.91. The monoisotopic (exact) mass is 277 g/mol. The lowest BCUT2D eigenvalue weighted by Crippen LogP contribution is -2.25. The Balaban J connectivity index is 1.92. The van der Waals surface area contributed by atoms with Gasteiger partial charge in [-0.1, -0.05) is 18.6 Å². The van der Waals surface area contributed by atoms with E-state index in [-0.39, 0.29) is 5.92 Å². The molecular formula is C16H23NO3. The summed E-state index contributed by atoms with van der Waals surface area (Å²) < 4.78 is 5.72. The number of ketones is 1. The average Bonchev–Trinajstić information content (AvgIpc) is 2.47. The highest BCUT2D eigenvalue weighted by Crippen LogP contribution is 2.24. The molecule has 4 nitrogen and oxygen atoms in total. The van der Waals surface area contributed by atoms with Crippen LogP contribution >= 0.6 is 0 Å². The van der Waals surface area contributed by atoms with E-state index >= 15 is 0 Å². The summed E-state index contributed by atoms with van der Waals surface area (Å²) in [5.41, 5.74) is 6.26. The largest absolute Gasteiger partial charge is 0.493 e. The number of Topliss-reactive ketones (excluding diaryl/α,β-unsaturated/α-hetero) is 1. The van der Waals surface area contributed by atoms with Gasteiger partial charge in [-0.25, -0.2) is 0 Å². The van der Waals surface area contributed by atoms with Gasteiger partial charge in [0.1, 0.15) is 11.5 Å². The highest BCUT2D eigenvalue weighted by molar-refractivity contribution is 5.81. The SMILES string of the molecule is NCCC(O)c1cccc(OCC2CCCCC2=O)c1. The Morgan fingerprint density at radius 3 is 3.00 bits per heavy atom. The molecule has 4 heteroatoms. The smallest absolute Gasteiger partial charge is 0.139 e. The standard InChI is InChI=1S/C16H23NO3/c17-9-8-16(19)12-5-3-6-14(10-12)20-11-13-4-1-2-7-15(13)18/h3,5-6,10,13,16,19H,1-2,4,7-9,11,17H2. The normalized spacial score (nSPS) is 20.7. The summed E-state index contributed by atoms with van der Waals surface area (Å²) in [6, 6.07) is 7.39. The molecule has 2 rings (SSSR count). The first kappa shape index (κ1) is 15.0. The zero-order chi connectivity index (χ0) is 14.4. The molecule has 0 amide bonds. The molecule has 1 aromatic rings. The highest BCUT2D eigenvalue weighted by atomic mass is 16.5. The predicted molar refractivity (Wildman–Crippen MR) is 77.5 cm³/mol. The van der Waals surface area contributed by atoms with Crippen LogP contribution in [-0.2, 0) is 4.79 Å². The van der Waals surface area contributed by atoms with Crippen LogP contribution in [0.5, 0.6) is 5.75 Å². The van der Waals surface area contributed by atoms with Gasteiger partial charge in [0.2, 0.25) is 0 Å². The second kappa shape index (κ2) is 7.41. The number of aliphatic hydroxyl groups excluding tert-OH is 1. The van der Waals surface area contributed by atoms with Crippen molar-refractivity contribution in [3.63, 3.8) is 0 Å². The number of benzene rings is 1. The maximum atomic E-state index is 11.7. The van der Waals surface area contributed by atoms with Gasteiger partial charge in [-0.2, -0.15) is 0 Å². The van der Waals surface area contributed by atoms with Crippen molar-refractivity contribution in [2.24, 2.45) is 11.7 Å². The first-order chi connectivity index (χ1) is 9.70. The summed E-state index contributed by atoms with van der Waals surface area (Å²) in [7, 11) is 0. The molecule has 1 fully saturated rings. The minimum absolute atomic E-state index is 0.0290. The van der Waals surface area contributed by atoms with Crippen LogP contribution in [0.1, 0.15) is 43.8 Å². The minimum Gasteiger partial charge on any atom is -0.493 e. The van der Waals surface area contributed by atoms with Crippen molar-refractivity contribution in [2.45, 2.75) is 38.2 Å². The van der Waals surface area contributed by atoms with E-state index in [1.165, 1.54) is 0 Å². The zero-order valence-electron chi connectivity index (χ0n) is 11.8. The van der Waals surface area contributed by atoms with Gasteiger partial charge >= 0.3 is 0 Å². The molecule has 0 aliphatic heterocycles. The molecule has 3 N–H and O–H groups in total. The van der Waals surface area contributed by atoms with Crippen LogP contribution in [0.25, 0.3) is 0 Å². The number of carbonyl (C=O) groups excluding carboxylic acids is 1. The van der Waals surface area contributed by atoms with Gasteiger partial charge in [-0.05, 0) is 43.5 Å². The summed E-state index contributed by atoms with van der Waals surface area (Å²) >= 11 is 0. The number of nitrogens with two attached hydrogens (primary N) is 1. The average molecular weight is 277 g/mol. The number of aliphatic hydroxyl groups is 1. The second-order valence-corrected chi connectivity index (χ2v) is 5.39. The lowest BCUT2D eigenvalue weighted by atomic mass is 9.89. The van der Waals surface area contributed by atoms with E-state index in [2.05, 4.69) is 0 Å². The Hall–Kier alpha value is -1.39. The lowest BCUT2D eigenvalue weighted by Gasteiger charge is -2.21. The van der Waals surface area contributed by atoms with Crippen LogP contribution in [0.15, 0.2) is 24.3 Å². The molecule has 0 radical (unpaired) electrons. The molecular weight excluding hydrogens is 254 g/mol. The fourth-order valence-electron chi connectivity index (χ4n) is 2.56. The third-order valence-corrected chi connectivity index (χ3v) is 3.82. The van der Waals surface area contributed by atoms with Crippen LogP contribution in [0.3, 0.4) is 0 Å². The van der Waals surface area contributed by atoms with Crippen molar-refractivity contribution in [3.05, 3.63) is 29.8 Å². The van der Waals surface area contributed by atoms with Gasteiger partial charge in [0.15, 0.2) is 0 Å². The molecule has 0 saturated heterocycles. The molecule has 0 bridgehead atoms. The van der Waals surface area contributed by atoms with Gasteiger partial charge < -0.3 is 15.6 Å². The Kier molecular flexibility index (Phi) is 5.56. The van der Waals surface area contributed by atoms with Crippen LogP contribution in [0.4, 0.5) is 0 Å². The van der Waals surface area contributed by atoms with E-state index in [4.69, 9.17) is 10.5 Å². The van der Waals surface area contributed by atoms with E-state index in [1.54, 1.807) is 0 Å². The number of hydrogen-bond acceptors (Lipinski definition) is 4. The molecule has 0 spiro atoms. The van der Waals surface area contributed by atoms with Gasteiger partial charge in [0, 0.05) is 6.42 Å². The molecule has 1 aromatic carbocycles. The predicted octanol–water partition coefficient (Wildman–Crippen LogP) is 2.21. The third kappa shape index (κ3) is 4.05. The Labute approximate surface area is 119 Å². The van der Waals surface area contributed by atoms with Gasteiger partial charge in [0.05, 0.1) is 18.6 Å². The number of rotatable bonds is 6. The molecule has 1 aliphatic carbocycles. The fourth-order valence-corrected chi connectivity index (χ4v) is 2.56. The van der Waals surface area contributed by atoms with Gasteiger partial charge in [0.25, 0.3) is 0 Å². The highest BCUT2D eigenvalue weighted by Gasteiger charge is 2.22.